The van der Waals surface area contributed by atoms with E-state index < -0.39 is 0 Å². The van der Waals surface area contributed by atoms with Gasteiger partial charge in [0.2, 0.25) is 5.91 Å². The zero-order valence-corrected chi connectivity index (χ0v) is 12.6. The van der Waals surface area contributed by atoms with Crippen molar-refractivity contribution in [2.24, 2.45) is 5.73 Å². The summed E-state index contributed by atoms with van der Waals surface area (Å²) in [5, 5.41) is 0. The lowest BCUT2D eigenvalue weighted by Gasteiger charge is -2.24. The molecular formula is C17H26N2O. The predicted octanol–water partition coefficient (Wildman–Crippen LogP) is 2.87. The summed E-state index contributed by atoms with van der Waals surface area (Å²) in [4.78, 5) is 14.4. The van der Waals surface area contributed by atoms with Crippen LogP contribution >= 0.6 is 0 Å². The number of hydrogen-bond acceptors (Lipinski definition) is 2. The van der Waals surface area contributed by atoms with E-state index in [1.807, 2.05) is 11.8 Å². The first-order valence-corrected chi connectivity index (χ1v) is 7.76. The zero-order valence-electron chi connectivity index (χ0n) is 12.6. The number of carbonyl (C=O) groups is 1. The fourth-order valence-electron chi connectivity index (χ4n) is 2.37. The first-order chi connectivity index (χ1) is 9.63. The molecular weight excluding hydrogens is 248 g/mol. The maximum Gasteiger partial charge on any atom is 0.224 e. The Hall–Kier alpha value is -1.35. The summed E-state index contributed by atoms with van der Waals surface area (Å²) in [5.74, 6) is 0.210. The van der Waals surface area contributed by atoms with Crippen LogP contribution in [-0.4, -0.2) is 22.9 Å². The minimum Gasteiger partial charge on any atom is -0.335 e. The van der Waals surface area contributed by atoms with Crippen molar-refractivity contribution in [3.05, 3.63) is 35.4 Å². The minimum absolute atomic E-state index is 0.00813. The van der Waals surface area contributed by atoms with Crippen LogP contribution in [0.25, 0.3) is 0 Å². The SMILES string of the molecule is CCc1ccc(CN(C(=O)CC(N)CC)C2CC2)cc1. The van der Waals surface area contributed by atoms with E-state index in [0.717, 1.165) is 32.2 Å². The number of nitrogens with zero attached hydrogens (tertiary/aromatic N) is 1. The lowest BCUT2D eigenvalue weighted by atomic mass is 10.1. The molecule has 1 aliphatic carbocycles. The van der Waals surface area contributed by atoms with Gasteiger partial charge >= 0.3 is 0 Å². The van der Waals surface area contributed by atoms with Gasteiger partial charge in [-0.25, -0.2) is 0 Å². The quantitative estimate of drug-likeness (QED) is 0.831. The molecule has 2 rings (SSSR count). The average molecular weight is 274 g/mol. The van der Waals surface area contributed by atoms with Crippen molar-refractivity contribution in [1.82, 2.24) is 4.90 Å². The summed E-state index contributed by atoms with van der Waals surface area (Å²) in [7, 11) is 0. The van der Waals surface area contributed by atoms with E-state index in [1.54, 1.807) is 0 Å². The third kappa shape index (κ3) is 4.07. The molecule has 0 bridgehead atoms. The van der Waals surface area contributed by atoms with Crippen LogP contribution in [-0.2, 0) is 17.8 Å². The fourth-order valence-corrected chi connectivity index (χ4v) is 2.37. The van der Waals surface area contributed by atoms with Gasteiger partial charge in [-0.3, -0.25) is 4.79 Å². The maximum atomic E-state index is 12.4. The van der Waals surface area contributed by atoms with Gasteiger partial charge in [0.05, 0.1) is 0 Å². The lowest BCUT2D eigenvalue weighted by Crippen LogP contribution is -2.36. The molecule has 3 heteroatoms. The summed E-state index contributed by atoms with van der Waals surface area (Å²) in [6.07, 6.45) is 4.66. The Bertz CT molecular complexity index is 437. The van der Waals surface area contributed by atoms with Gasteiger partial charge in [0, 0.05) is 25.0 Å². The first kappa shape index (κ1) is 15.0. The van der Waals surface area contributed by atoms with E-state index in [4.69, 9.17) is 5.73 Å². The number of hydrogen-bond donors (Lipinski definition) is 1. The standard InChI is InChI=1S/C17H26N2O/c1-3-13-5-7-14(8-6-13)12-19(16-9-10-16)17(20)11-15(18)4-2/h5-8,15-16H,3-4,9-12,18H2,1-2H3. The highest BCUT2D eigenvalue weighted by atomic mass is 16.2. The summed E-state index contributed by atoms with van der Waals surface area (Å²) in [6, 6.07) is 9.03. The maximum absolute atomic E-state index is 12.4. The van der Waals surface area contributed by atoms with Gasteiger partial charge in [0.15, 0.2) is 0 Å². The minimum atomic E-state index is -0.00813. The summed E-state index contributed by atoms with van der Waals surface area (Å²) >= 11 is 0. The van der Waals surface area contributed by atoms with Gasteiger partial charge in [0.1, 0.15) is 0 Å². The molecule has 0 aliphatic heterocycles. The number of aryl methyl sites for hydroxylation is 1. The molecule has 0 saturated heterocycles. The van der Waals surface area contributed by atoms with E-state index in [2.05, 4.69) is 31.2 Å². The van der Waals surface area contributed by atoms with Crippen LogP contribution in [0.1, 0.15) is 50.7 Å². The van der Waals surface area contributed by atoms with E-state index >= 15 is 0 Å². The average Bonchev–Trinajstić information content (AvgIpc) is 3.29. The second-order valence-corrected chi connectivity index (χ2v) is 5.80. The molecule has 1 saturated carbocycles. The number of carbonyl (C=O) groups excluding carboxylic acids is 1. The van der Waals surface area contributed by atoms with Crippen molar-refractivity contribution in [3.8, 4) is 0 Å². The zero-order chi connectivity index (χ0) is 14.5. The van der Waals surface area contributed by atoms with Crippen LogP contribution in [0.5, 0.6) is 0 Å². The molecule has 0 aromatic heterocycles. The highest BCUT2D eigenvalue weighted by molar-refractivity contribution is 5.77. The smallest absolute Gasteiger partial charge is 0.224 e. The van der Waals surface area contributed by atoms with Gasteiger partial charge < -0.3 is 10.6 Å². The Balaban J connectivity index is 1.99. The van der Waals surface area contributed by atoms with Crippen LogP contribution in [0.15, 0.2) is 24.3 Å². The second-order valence-electron chi connectivity index (χ2n) is 5.80. The number of benzene rings is 1. The van der Waals surface area contributed by atoms with Crippen LogP contribution < -0.4 is 5.73 Å². The Morgan fingerprint density at radius 3 is 2.35 bits per heavy atom. The first-order valence-electron chi connectivity index (χ1n) is 7.76. The Morgan fingerprint density at radius 1 is 1.25 bits per heavy atom. The topological polar surface area (TPSA) is 46.3 Å². The number of amides is 1. The Labute approximate surface area is 122 Å². The van der Waals surface area contributed by atoms with E-state index in [1.165, 1.54) is 11.1 Å². The van der Waals surface area contributed by atoms with E-state index in [-0.39, 0.29) is 11.9 Å². The highest BCUT2D eigenvalue weighted by Crippen LogP contribution is 2.29. The molecule has 1 fully saturated rings. The molecule has 1 aliphatic rings. The monoisotopic (exact) mass is 274 g/mol. The third-order valence-electron chi connectivity index (χ3n) is 4.05. The van der Waals surface area contributed by atoms with Crippen molar-refractivity contribution < 1.29 is 4.79 Å². The molecule has 3 nitrogen and oxygen atoms in total. The van der Waals surface area contributed by atoms with Gasteiger partial charge in [0.25, 0.3) is 0 Å². The van der Waals surface area contributed by atoms with Gasteiger partial charge in [-0.2, -0.15) is 0 Å². The van der Waals surface area contributed by atoms with E-state index in [9.17, 15) is 4.79 Å². The molecule has 1 atom stereocenters. The lowest BCUT2D eigenvalue weighted by molar-refractivity contribution is -0.132. The molecule has 20 heavy (non-hydrogen) atoms. The number of rotatable bonds is 7. The highest BCUT2D eigenvalue weighted by Gasteiger charge is 2.32. The molecule has 0 spiro atoms. The molecule has 0 heterocycles. The predicted molar refractivity (Wildman–Crippen MR) is 82.3 cm³/mol. The van der Waals surface area contributed by atoms with Crippen molar-refractivity contribution >= 4 is 5.91 Å². The molecule has 1 aromatic rings. The van der Waals surface area contributed by atoms with Crippen LogP contribution in [0, 0.1) is 0 Å². The Kier molecular flexibility index (Phi) is 5.18. The number of nitrogens with two attached hydrogens (primary N) is 1. The van der Waals surface area contributed by atoms with E-state index in [0.29, 0.717) is 12.5 Å². The molecule has 110 valence electrons. The largest absolute Gasteiger partial charge is 0.335 e. The van der Waals surface area contributed by atoms with Gasteiger partial charge in [-0.05, 0) is 36.8 Å². The summed E-state index contributed by atoms with van der Waals surface area (Å²) in [5.41, 5.74) is 8.47. The van der Waals surface area contributed by atoms with Gasteiger partial charge in [-0.15, -0.1) is 0 Å². The van der Waals surface area contributed by atoms with Crippen molar-refractivity contribution in [3.63, 3.8) is 0 Å². The van der Waals surface area contributed by atoms with Crippen LogP contribution in [0.2, 0.25) is 0 Å². The fraction of sp³-hybridized carbons (Fsp3) is 0.588. The van der Waals surface area contributed by atoms with Gasteiger partial charge in [-0.1, -0.05) is 38.1 Å². The van der Waals surface area contributed by atoms with Crippen molar-refractivity contribution in [2.75, 3.05) is 0 Å². The summed E-state index contributed by atoms with van der Waals surface area (Å²) in [6.45, 7) is 4.91. The van der Waals surface area contributed by atoms with Crippen molar-refractivity contribution in [1.29, 1.82) is 0 Å². The van der Waals surface area contributed by atoms with Crippen LogP contribution in [0.3, 0.4) is 0 Å². The molecule has 1 aromatic carbocycles. The molecule has 1 unspecified atom stereocenters. The van der Waals surface area contributed by atoms with Crippen molar-refractivity contribution in [2.45, 2.75) is 64.6 Å². The molecule has 2 N–H and O–H groups in total. The third-order valence-corrected chi connectivity index (χ3v) is 4.05. The second kappa shape index (κ2) is 6.89. The van der Waals surface area contributed by atoms with Crippen LogP contribution in [0.4, 0.5) is 0 Å². The molecule has 1 amide bonds. The Morgan fingerprint density at radius 2 is 1.85 bits per heavy atom. The summed E-state index contributed by atoms with van der Waals surface area (Å²) < 4.78 is 0. The molecule has 0 radical (unpaired) electrons. The normalized spacial score (nSPS) is 15.9.